The maximum absolute atomic E-state index is 12.3. The van der Waals surface area contributed by atoms with Crippen LogP contribution in [0.4, 0.5) is 5.69 Å². The Bertz CT molecular complexity index is 480. The van der Waals surface area contributed by atoms with Crippen molar-refractivity contribution in [2.24, 2.45) is 11.8 Å². The van der Waals surface area contributed by atoms with Crippen molar-refractivity contribution < 1.29 is 4.79 Å². The number of anilines is 1. The zero-order valence-electron chi connectivity index (χ0n) is 12.9. The van der Waals surface area contributed by atoms with E-state index in [1.807, 2.05) is 13.8 Å². The van der Waals surface area contributed by atoms with E-state index < -0.39 is 0 Å². The van der Waals surface area contributed by atoms with Gasteiger partial charge in [0.2, 0.25) is 0 Å². The highest BCUT2D eigenvalue weighted by molar-refractivity contribution is 5.97. The average molecular weight is 278 g/mol. The standard InChI is InChI=1S/C15H26N4O/c1-8(2)13-12(16)14(19-18-13)15(20)17-11-6-5-9(3)7-10(11)4/h8-11H,5-7,16H2,1-4H3,(H,17,20)(H,18,19). The number of rotatable bonds is 3. The van der Waals surface area contributed by atoms with Gasteiger partial charge in [-0.05, 0) is 37.0 Å². The van der Waals surface area contributed by atoms with Gasteiger partial charge >= 0.3 is 0 Å². The van der Waals surface area contributed by atoms with Crippen LogP contribution in [0.3, 0.4) is 0 Å². The molecule has 0 aliphatic heterocycles. The summed E-state index contributed by atoms with van der Waals surface area (Å²) in [5, 5.41) is 10.1. The van der Waals surface area contributed by atoms with Crippen LogP contribution in [0.2, 0.25) is 0 Å². The van der Waals surface area contributed by atoms with Crippen LogP contribution < -0.4 is 11.1 Å². The van der Waals surface area contributed by atoms with Crippen molar-refractivity contribution in [3.63, 3.8) is 0 Å². The summed E-state index contributed by atoms with van der Waals surface area (Å²) in [6, 6.07) is 0.234. The van der Waals surface area contributed by atoms with Crippen LogP contribution in [-0.2, 0) is 0 Å². The number of H-pyrrole nitrogens is 1. The first-order chi connectivity index (χ1) is 9.40. The summed E-state index contributed by atoms with van der Waals surface area (Å²) < 4.78 is 0. The van der Waals surface area contributed by atoms with Gasteiger partial charge in [0.25, 0.3) is 5.91 Å². The Morgan fingerprint density at radius 1 is 1.40 bits per heavy atom. The number of aromatic amines is 1. The average Bonchev–Trinajstić information content (AvgIpc) is 2.74. The van der Waals surface area contributed by atoms with Crippen molar-refractivity contribution in [2.45, 2.75) is 58.9 Å². The number of carbonyl (C=O) groups is 1. The lowest BCUT2D eigenvalue weighted by Crippen LogP contribution is -2.42. The summed E-state index contributed by atoms with van der Waals surface area (Å²) in [6.07, 6.45) is 3.37. The molecule has 3 unspecified atom stereocenters. The monoisotopic (exact) mass is 278 g/mol. The minimum Gasteiger partial charge on any atom is -0.395 e. The van der Waals surface area contributed by atoms with E-state index in [0.29, 0.717) is 17.3 Å². The van der Waals surface area contributed by atoms with Gasteiger partial charge in [0.1, 0.15) is 0 Å². The molecule has 0 radical (unpaired) electrons. The molecule has 3 atom stereocenters. The van der Waals surface area contributed by atoms with Crippen LogP contribution in [0.1, 0.15) is 69.1 Å². The molecule has 2 rings (SSSR count). The van der Waals surface area contributed by atoms with Crippen molar-refractivity contribution in [1.82, 2.24) is 15.5 Å². The van der Waals surface area contributed by atoms with Crippen LogP contribution in [0.25, 0.3) is 0 Å². The molecule has 1 aromatic heterocycles. The molecule has 1 aliphatic rings. The molecule has 4 N–H and O–H groups in total. The first-order valence-electron chi connectivity index (χ1n) is 7.54. The van der Waals surface area contributed by atoms with Gasteiger partial charge < -0.3 is 11.1 Å². The Hall–Kier alpha value is -1.52. The molecule has 1 fully saturated rings. The summed E-state index contributed by atoms with van der Waals surface area (Å²) in [5.41, 5.74) is 7.66. The van der Waals surface area contributed by atoms with Crippen molar-refractivity contribution in [2.75, 3.05) is 5.73 Å². The summed E-state index contributed by atoms with van der Waals surface area (Å²) in [7, 11) is 0. The summed E-state index contributed by atoms with van der Waals surface area (Å²) >= 11 is 0. The molecule has 5 heteroatoms. The maximum atomic E-state index is 12.3. The number of aromatic nitrogens is 2. The second-order valence-electron chi connectivity index (χ2n) is 6.53. The fraction of sp³-hybridized carbons (Fsp3) is 0.733. The van der Waals surface area contributed by atoms with Crippen LogP contribution >= 0.6 is 0 Å². The van der Waals surface area contributed by atoms with Crippen molar-refractivity contribution >= 4 is 11.6 Å². The van der Waals surface area contributed by atoms with Crippen molar-refractivity contribution in [3.8, 4) is 0 Å². The molecule has 20 heavy (non-hydrogen) atoms. The number of nitrogens with zero attached hydrogens (tertiary/aromatic N) is 1. The van der Waals surface area contributed by atoms with Crippen LogP contribution in [0.15, 0.2) is 0 Å². The molecule has 0 spiro atoms. The Balaban J connectivity index is 2.05. The lowest BCUT2D eigenvalue weighted by Gasteiger charge is -2.32. The highest BCUT2D eigenvalue weighted by Crippen LogP contribution is 2.29. The Labute approximate surface area is 120 Å². The molecule has 1 aliphatic carbocycles. The Morgan fingerprint density at radius 2 is 2.10 bits per heavy atom. The minimum atomic E-state index is -0.156. The van der Waals surface area contributed by atoms with E-state index in [-0.39, 0.29) is 17.9 Å². The molecule has 1 heterocycles. The van der Waals surface area contributed by atoms with E-state index in [1.54, 1.807) is 0 Å². The third kappa shape index (κ3) is 2.97. The molecular weight excluding hydrogens is 252 g/mol. The van der Waals surface area contributed by atoms with Crippen LogP contribution in [0, 0.1) is 11.8 Å². The van der Waals surface area contributed by atoms with Gasteiger partial charge in [0, 0.05) is 6.04 Å². The molecule has 112 valence electrons. The minimum absolute atomic E-state index is 0.156. The van der Waals surface area contributed by atoms with Gasteiger partial charge in [-0.1, -0.05) is 27.7 Å². The quantitative estimate of drug-likeness (QED) is 0.794. The fourth-order valence-corrected chi connectivity index (χ4v) is 3.09. The summed E-state index contributed by atoms with van der Waals surface area (Å²) in [5.74, 6) is 1.34. The zero-order valence-corrected chi connectivity index (χ0v) is 12.9. The predicted molar refractivity (Wildman–Crippen MR) is 80.5 cm³/mol. The largest absolute Gasteiger partial charge is 0.395 e. The Morgan fingerprint density at radius 3 is 2.65 bits per heavy atom. The predicted octanol–water partition coefficient (Wildman–Crippen LogP) is 2.67. The third-order valence-corrected chi connectivity index (χ3v) is 4.37. The van der Waals surface area contributed by atoms with E-state index in [4.69, 9.17) is 5.73 Å². The van der Waals surface area contributed by atoms with E-state index in [0.717, 1.165) is 24.5 Å². The van der Waals surface area contributed by atoms with Crippen molar-refractivity contribution in [1.29, 1.82) is 0 Å². The molecule has 5 nitrogen and oxygen atoms in total. The third-order valence-electron chi connectivity index (χ3n) is 4.37. The van der Waals surface area contributed by atoms with Crippen molar-refractivity contribution in [3.05, 3.63) is 11.4 Å². The first-order valence-corrected chi connectivity index (χ1v) is 7.54. The topological polar surface area (TPSA) is 83.8 Å². The number of amides is 1. The van der Waals surface area contributed by atoms with Crippen LogP contribution in [-0.4, -0.2) is 22.1 Å². The van der Waals surface area contributed by atoms with Gasteiger partial charge in [0.05, 0.1) is 11.4 Å². The fourth-order valence-electron chi connectivity index (χ4n) is 3.09. The highest BCUT2D eigenvalue weighted by atomic mass is 16.2. The maximum Gasteiger partial charge on any atom is 0.274 e. The summed E-state index contributed by atoms with van der Waals surface area (Å²) in [6.45, 7) is 8.52. The number of nitrogens with one attached hydrogen (secondary N) is 2. The molecule has 0 bridgehead atoms. The lowest BCUT2D eigenvalue weighted by atomic mass is 9.80. The number of hydrogen-bond donors (Lipinski definition) is 3. The van der Waals surface area contributed by atoms with E-state index in [9.17, 15) is 4.79 Å². The molecule has 0 saturated heterocycles. The molecule has 1 saturated carbocycles. The number of hydrogen-bond acceptors (Lipinski definition) is 3. The molecule has 0 aromatic carbocycles. The normalized spacial score (nSPS) is 26.8. The van der Waals surface area contributed by atoms with Gasteiger partial charge in [0.15, 0.2) is 5.69 Å². The molecular formula is C15H26N4O. The highest BCUT2D eigenvalue weighted by Gasteiger charge is 2.28. The lowest BCUT2D eigenvalue weighted by molar-refractivity contribution is 0.0895. The number of carbonyl (C=O) groups excluding carboxylic acids is 1. The van der Waals surface area contributed by atoms with Gasteiger partial charge in [-0.3, -0.25) is 9.89 Å². The van der Waals surface area contributed by atoms with Crippen LogP contribution in [0.5, 0.6) is 0 Å². The molecule has 1 aromatic rings. The van der Waals surface area contributed by atoms with Gasteiger partial charge in [-0.15, -0.1) is 0 Å². The number of nitrogens with two attached hydrogens (primary N) is 1. The summed E-state index contributed by atoms with van der Waals surface area (Å²) in [4.78, 5) is 12.3. The van der Waals surface area contributed by atoms with Gasteiger partial charge in [-0.2, -0.15) is 5.10 Å². The second-order valence-corrected chi connectivity index (χ2v) is 6.53. The van der Waals surface area contributed by atoms with E-state index in [1.165, 1.54) is 6.42 Å². The SMILES string of the molecule is CC1CCC(NC(=O)c2n[nH]c(C(C)C)c2N)C(C)C1. The van der Waals surface area contributed by atoms with E-state index in [2.05, 4.69) is 29.4 Å². The zero-order chi connectivity index (χ0) is 14.9. The smallest absolute Gasteiger partial charge is 0.274 e. The van der Waals surface area contributed by atoms with Gasteiger partial charge in [-0.25, -0.2) is 0 Å². The Kier molecular flexibility index (Phi) is 4.35. The second kappa shape index (κ2) is 5.85. The van der Waals surface area contributed by atoms with E-state index >= 15 is 0 Å². The first kappa shape index (κ1) is 14.9. The number of nitrogen functional groups attached to an aromatic ring is 1. The molecule has 1 amide bonds.